The van der Waals surface area contributed by atoms with E-state index in [4.69, 9.17) is 18.9 Å². The fourth-order valence-electron chi connectivity index (χ4n) is 2.81. The first-order valence-electron chi connectivity index (χ1n) is 8.53. The minimum absolute atomic E-state index is 0.0958. The fourth-order valence-corrected chi connectivity index (χ4v) is 2.81. The molecule has 0 unspecified atom stereocenters. The Hall–Kier alpha value is -2.12. The number of benzene rings is 1. The van der Waals surface area contributed by atoms with Crippen LogP contribution in [-0.4, -0.2) is 50.4 Å². The first kappa shape index (κ1) is 17.7. The second-order valence-corrected chi connectivity index (χ2v) is 6.21. The molecule has 0 spiro atoms. The fraction of sp³-hybridized carbons (Fsp3) is 0.556. The number of nitrogens with one attached hydrogen (secondary N) is 1. The summed E-state index contributed by atoms with van der Waals surface area (Å²) in [6.07, 6.45) is 0.871. The number of Topliss-reactive ketones (excluding diaryl/α,β-unsaturated/α-hetero) is 1. The maximum absolute atomic E-state index is 12.3. The number of ether oxygens (including phenoxy) is 4. The van der Waals surface area contributed by atoms with Crippen LogP contribution in [0.3, 0.4) is 0 Å². The number of carbonyl (C=O) groups is 2. The van der Waals surface area contributed by atoms with E-state index >= 15 is 0 Å². The molecule has 1 amide bonds. The summed E-state index contributed by atoms with van der Waals surface area (Å²) in [5.41, 5.74) is 0.525. The lowest BCUT2D eigenvalue weighted by Gasteiger charge is -2.22. The molecule has 0 radical (unpaired) electrons. The van der Waals surface area contributed by atoms with E-state index < -0.39 is 5.79 Å². The Morgan fingerprint density at radius 1 is 1.04 bits per heavy atom. The molecule has 1 aromatic rings. The lowest BCUT2D eigenvalue weighted by Crippen LogP contribution is -2.33. The molecule has 7 heteroatoms. The van der Waals surface area contributed by atoms with Gasteiger partial charge in [-0.1, -0.05) is 0 Å². The number of carbonyl (C=O) groups excluding carboxylic acids is 2. The molecule has 3 rings (SSSR count). The van der Waals surface area contributed by atoms with Crippen LogP contribution in [0, 0.1) is 0 Å². The van der Waals surface area contributed by atoms with Crippen LogP contribution in [0.2, 0.25) is 0 Å². The molecule has 1 fully saturated rings. The monoisotopic (exact) mass is 349 g/mol. The van der Waals surface area contributed by atoms with E-state index in [0.29, 0.717) is 56.5 Å². The molecule has 0 atom stereocenters. The Labute approximate surface area is 146 Å². The smallest absolute Gasteiger partial charge is 0.220 e. The highest BCUT2D eigenvalue weighted by molar-refractivity contribution is 5.98. The van der Waals surface area contributed by atoms with Crippen molar-refractivity contribution in [1.29, 1.82) is 0 Å². The minimum atomic E-state index is -0.617. The summed E-state index contributed by atoms with van der Waals surface area (Å²) in [5.74, 6) is 0.347. The van der Waals surface area contributed by atoms with E-state index in [9.17, 15) is 9.59 Å². The average molecular weight is 349 g/mol. The average Bonchev–Trinajstić information content (AvgIpc) is 3.05. The molecule has 0 bridgehead atoms. The number of hydrogen-bond donors (Lipinski definition) is 1. The van der Waals surface area contributed by atoms with Crippen LogP contribution in [0.1, 0.15) is 36.5 Å². The van der Waals surface area contributed by atoms with Crippen molar-refractivity contribution in [3.8, 4) is 11.5 Å². The molecular weight excluding hydrogens is 326 g/mol. The van der Waals surface area contributed by atoms with Gasteiger partial charge in [-0.05, 0) is 25.1 Å². The standard InChI is InChI=1S/C18H23NO6/c1-18(24-10-11-25-18)6-7-19-17(21)5-3-14(20)13-2-4-15-16(12-13)23-9-8-22-15/h2,4,12H,3,5-11H2,1H3,(H,19,21). The lowest BCUT2D eigenvalue weighted by atomic mass is 10.1. The lowest BCUT2D eigenvalue weighted by molar-refractivity contribution is -0.146. The molecule has 1 saturated heterocycles. The van der Waals surface area contributed by atoms with Crippen LogP contribution in [-0.2, 0) is 14.3 Å². The van der Waals surface area contributed by atoms with Gasteiger partial charge < -0.3 is 24.3 Å². The van der Waals surface area contributed by atoms with Crippen molar-refractivity contribution in [2.24, 2.45) is 0 Å². The van der Waals surface area contributed by atoms with Gasteiger partial charge in [-0.3, -0.25) is 9.59 Å². The van der Waals surface area contributed by atoms with Crippen LogP contribution < -0.4 is 14.8 Å². The third-order valence-corrected chi connectivity index (χ3v) is 4.24. The maximum Gasteiger partial charge on any atom is 0.220 e. The van der Waals surface area contributed by atoms with Gasteiger partial charge in [0.15, 0.2) is 23.1 Å². The Kier molecular flexibility index (Phi) is 5.55. The largest absolute Gasteiger partial charge is 0.486 e. The van der Waals surface area contributed by atoms with Crippen molar-refractivity contribution in [3.05, 3.63) is 23.8 Å². The van der Waals surface area contributed by atoms with Crippen molar-refractivity contribution < 1.29 is 28.5 Å². The van der Waals surface area contributed by atoms with Crippen molar-refractivity contribution >= 4 is 11.7 Å². The first-order chi connectivity index (χ1) is 12.1. The predicted octanol–water partition coefficient (Wildman–Crippen LogP) is 1.69. The van der Waals surface area contributed by atoms with Crippen LogP contribution in [0.15, 0.2) is 18.2 Å². The van der Waals surface area contributed by atoms with Crippen LogP contribution in [0.5, 0.6) is 11.5 Å². The highest BCUT2D eigenvalue weighted by Crippen LogP contribution is 2.31. The summed E-state index contributed by atoms with van der Waals surface area (Å²) >= 11 is 0. The van der Waals surface area contributed by atoms with Crippen LogP contribution >= 0.6 is 0 Å². The Balaban J connectivity index is 1.41. The topological polar surface area (TPSA) is 83.1 Å². The molecule has 0 saturated carbocycles. The maximum atomic E-state index is 12.3. The number of amides is 1. The van der Waals surface area contributed by atoms with Crippen molar-refractivity contribution in [2.75, 3.05) is 33.0 Å². The molecule has 2 heterocycles. The van der Waals surface area contributed by atoms with Gasteiger partial charge in [-0.15, -0.1) is 0 Å². The van der Waals surface area contributed by atoms with E-state index in [1.807, 2.05) is 6.92 Å². The number of ketones is 1. The van der Waals surface area contributed by atoms with Crippen molar-refractivity contribution in [3.63, 3.8) is 0 Å². The summed E-state index contributed by atoms with van der Waals surface area (Å²) in [6, 6.07) is 5.10. The van der Waals surface area contributed by atoms with E-state index in [0.717, 1.165) is 0 Å². The van der Waals surface area contributed by atoms with Gasteiger partial charge in [0.2, 0.25) is 5.91 Å². The molecule has 0 aromatic heterocycles. The Morgan fingerprint density at radius 3 is 2.52 bits per heavy atom. The highest BCUT2D eigenvalue weighted by atomic mass is 16.7. The van der Waals surface area contributed by atoms with Crippen molar-refractivity contribution in [2.45, 2.75) is 32.0 Å². The summed E-state index contributed by atoms with van der Waals surface area (Å²) in [4.78, 5) is 24.2. The summed E-state index contributed by atoms with van der Waals surface area (Å²) < 4.78 is 21.8. The second-order valence-electron chi connectivity index (χ2n) is 6.21. The third kappa shape index (κ3) is 4.70. The normalized spacial score (nSPS) is 18.0. The molecule has 0 aliphatic carbocycles. The highest BCUT2D eigenvalue weighted by Gasteiger charge is 2.30. The molecular formula is C18H23NO6. The third-order valence-electron chi connectivity index (χ3n) is 4.24. The predicted molar refractivity (Wildman–Crippen MR) is 88.9 cm³/mol. The molecule has 136 valence electrons. The molecule has 1 aromatic carbocycles. The van der Waals surface area contributed by atoms with Gasteiger partial charge in [0.1, 0.15) is 13.2 Å². The molecule has 2 aliphatic rings. The van der Waals surface area contributed by atoms with Crippen molar-refractivity contribution in [1.82, 2.24) is 5.32 Å². The summed E-state index contributed by atoms with van der Waals surface area (Å²) in [7, 11) is 0. The van der Waals surface area contributed by atoms with Gasteiger partial charge >= 0.3 is 0 Å². The molecule has 2 aliphatic heterocycles. The quantitative estimate of drug-likeness (QED) is 0.754. The zero-order valence-corrected chi connectivity index (χ0v) is 14.3. The number of fused-ring (bicyclic) bond motifs is 1. The molecule has 7 nitrogen and oxygen atoms in total. The Morgan fingerprint density at radius 2 is 1.76 bits per heavy atom. The van der Waals surface area contributed by atoms with Crippen LogP contribution in [0.4, 0.5) is 0 Å². The minimum Gasteiger partial charge on any atom is -0.486 e. The molecule has 25 heavy (non-hydrogen) atoms. The summed E-state index contributed by atoms with van der Waals surface area (Å²) in [6.45, 7) is 4.45. The van der Waals surface area contributed by atoms with E-state index in [1.165, 1.54) is 0 Å². The van der Waals surface area contributed by atoms with E-state index in [2.05, 4.69) is 5.32 Å². The summed E-state index contributed by atoms with van der Waals surface area (Å²) in [5, 5.41) is 2.80. The SMILES string of the molecule is CC1(CCNC(=O)CCC(=O)c2ccc3c(c2)OCCO3)OCCO1. The van der Waals surface area contributed by atoms with Gasteiger partial charge in [0.05, 0.1) is 13.2 Å². The van der Waals surface area contributed by atoms with Gasteiger partial charge in [0, 0.05) is 31.4 Å². The first-order valence-corrected chi connectivity index (χ1v) is 8.53. The molecule has 1 N–H and O–H groups in total. The van der Waals surface area contributed by atoms with Gasteiger partial charge in [-0.2, -0.15) is 0 Å². The number of rotatable bonds is 7. The zero-order valence-electron chi connectivity index (χ0n) is 14.3. The van der Waals surface area contributed by atoms with Crippen LogP contribution in [0.25, 0.3) is 0 Å². The van der Waals surface area contributed by atoms with Gasteiger partial charge in [-0.25, -0.2) is 0 Å². The second kappa shape index (κ2) is 7.84. The number of hydrogen-bond acceptors (Lipinski definition) is 6. The zero-order chi connectivity index (χ0) is 17.7. The van der Waals surface area contributed by atoms with E-state index in [1.54, 1.807) is 18.2 Å². The Bertz CT molecular complexity index is 638. The van der Waals surface area contributed by atoms with E-state index in [-0.39, 0.29) is 24.5 Å². The van der Waals surface area contributed by atoms with Gasteiger partial charge in [0.25, 0.3) is 0 Å².